The molecule has 3 N–H and O–H groups in total. The average molecular weight is 507 g/mol. The molecule has 6 nitrogen and oxygen atoms in total. The first kappa shape index (κ1) is 22.2. The van der Waals surface area contributed by atoms with Crippen LogP contribution in [0.5, 0.6) is 0 Å². The van der Waals surface area contributed by atoms with E-state index >= 15 is 0 Å². The highest BCUT2D eigenvalue weighted by molar-refractivity contribution is 7.08. The number of rotatable bonds is 5. The van der Waals surface area contributed by atoms with Gasteiger partial charge in [-0.25, -0.2) is 4.98 Å². The fourth-order valence-electron chi connectivity index (χ4n) is 3.44. The van der Waals surface area contributed by atoms with Gasteiger partial charge in [0.15, 0.2) is 0 Å². The molecule has 5 aromatic rings. The molecule has 168 valence electrons. The smallest absolute Gasteiger partial charge is 0.258 e. The molecule has 0 spiro atoms. The third kappa shape index (κ3) is 4.54. The zero-order valence-corrected chi connectivity index (χ0v) is 19.8. The number of amides is 2. The minimum absolute atomic E-state index is 0.156. The van der Waals surface area contributed by atoms with Crippen molar-refractivity contribution in [3.8, 4) is 11.4 Å². The van der Waals surface area contributed by atoms with Crippen LogP contribution in [0.2, 0.25) is 10.0 Å². The molecule has 0 aliphatic rings. The molecule has 0 aliphatic heterocycles. The number of carbonyl (C=O) groups excluding carboxylic acids is 2. The van der Waals surface area contributed by atoms with E-state index < -0.39 is 0 Å². The molecule has 0 aliphatic carbocycles. The van der Waals surface area contributed by atoms with E-state index in [0.717, 1.165) is 16.6 Å². The maximum Gasteiger partial charge on any atom is 0.258 e. The van der Waals surface area contributed by atoms with Crippen molar-refractivity contribution in [1.29, 1.82) is 0 Å². The molecule has 0 radical (unpaired) electrons. The predicted molar refractivity (Wildman–Crippen MR) is 138 cm³/mol. The molecule has 9 heteroatoms. The second kappa shape index (κ2) is 9.30. The first-order chi connectivity index (χ1) is 16.5. The van der Waals surface area contributed by atoms with E-state index in [1.807, 2.05) is 35.7 Å². The topological polar surface area (TPSA) is 86.9 Å². The molecule has 0 saturated carbocycles. The third-order valence-electron chi connectivity index (χ3n) is 5.13. The van der Waals surface area contributed by atoms with Crippen LogP contribution in [0.15, 0.2) is 77.5 Å². The Labute approximate surface area is 208 Å². The van der Waals surface area contributed by atoms with E-state index in [1.54, 1.807) is 41.8 Å². The molecule has 0 saturated heterocycles. The van der Waals surface area contributed by atoms with Crippen LogP contribution in [0.25, 0.3) is 22.4 Å². The van der Waals surface area contributed by atoms with E-state index in [1.165, 1.54) is 11.3 Å². The van der Waals surface area contributed by atoms with Crippen LogP contribution in [0.4, 0.5) is 11.4 Å². The number of hydrogen-bond donors (Lipinski definition) is 3. The van der Waals surface area contributed by atoms with Crippen LogP contribution in [-0.4, -0.2) is 21.8 Å². The zero-order chi connectivity index (χ0) is 23.7. The van der Waals surface area contributed by atoms with E-state index in [2.05, 4.69) is 20.6 Å². The van der Waals surface area contributed by atoms with Crippen molar-refractivity contribution < 1.29 is 9.59 Å². The van der Waals surface area contributed by atoms with Crippen LogP contribution >= 0.6 is 34.5 Å². The summed E-state index contributed by atoms with van der Waals surface area (Å²) in [6, 6.07) is 19.5. The predicted octanol–water partition coefficient (Wildman–Crippen LogP) is 7.10. The van der Waals surface area contributed by atoms with Gasteiger partial charge in [0.2, 0.25) is 0 Å². The summed E-state index contributed by atoms with van der Waals surface area (Å²) in [4.78, 5) is 32.8. The van der Waals surface area contributed by atoms with Crippen LogP contribution in [0.1, 0.15) is 20.7 Å². The number of anilines is 2. The molecule has 0 fully saturated rings. The molecular formula is C25H16Cl2N4O2S. The first-order valence-electron chi connectivity index (χ1n) is 10.2. The number of aromatic amines is 1. The maximum absolute atomic E-state index is 12.6. The third-order valence-corrected chi connectivity index (χ3v) is 6.44. The number of halogens is 2. The van der Waals surface area contributed by atoms with Crippen LogP contribution < -0.4 is 10.6 Å². The SMILES string of the molecule is O=C(Nc1ccc2nc(-c3ccc(NC(=O)c4c(Cl)cccc4Cl)cc3)[nH]c2c1)c1ccsc1. The van der Waals surface area contributed by atoms with Gasteiger partial charge >= 0.3 is 0 Å². The standard InChI is InChI=1S/C25H16Cl2N4O2S/c26-18-2-1-3-19(27)22(18)25(33)28-16-6-4-14(5-7-16)23-30-20-9-8-17(12-21(20)31-23)29-24(32)15-10-11-34-13-15/h1-13H,(H,28,33)(H,29,32)(H,30,31). The molecule has 5 rings (SSSR count). The number of H-pyrrole nitrogens is 1. The van der Waals surface area contributed by atoms with Gasteiger partial charge in [-0.2, -0.15) is 11.3 Å². The number of nitrogens with zero attached hydrogens (tertiary/aromatic N) is 1. The normalized spacial score (nSPS) is 10.9. The molecule has 34 heavy (non-hydrogen) atoms. The van der Waals surface area contributed by atoms with Gasteiger partial charge in [0.05, 0.1) is 32.2 Å². The van der Waals surface area contributed by atoms with Gasteiger partial charge in [-0.15, -0.1) is 0 Å². The summed E-state index contributed by atoms with van der Waals surface area (Å²) in [6.45, 7) is 0. The minimum Gasteiger partial charge on any atom is -0.338 e. The number of nitrogens with one attached hydrogen (secondary N) is 3. The molecule has 0 bridgehead atoms. The number of thiophene rings is 1. The van der Waals surface area contributed by atoms with Crippen molar-refractivity contribution in [3.63, 3.8) is 0 Å². The van der Waals surface area contributed by atoms with Crippen LogP contribution in [0.3, 0.4) is 0 Å². The second-order valence-corrected chi connectivity index (χ2v) is 9.01. The van der Waals surface area contributed by atoms with Gasteiger partial charge in [0.25, 0.3) is 11.8 Å². The van der Waals surface area contributed by atoms with Gasteiger partial charge in [-0.3, -0.25) is 9.59 Å². The Bertz CT molecular complexity index is 1490. The molecule has 0 unspecified atom stereocenters. The van der Waals surface area contributed by atoms with Crippen molar-refractivity contribution in [1.82, 2.24) is 9.97 Å². The summed E-state index contributed by atoms with van der Waals surface area (Å²) >= 11 is 13.7. The lowest BCUT2D eigenvalue weighted by molar-refractivity contribution is 0.101. The number of imidazole rings is 1. The Hall–Kier alpha value is -3.65. The fraction of sp³-hybridized carbons (Fsp3) is 0. The Morgan fingerprint density at radius 2 is 1.56 bits per heavy atom. The lowest BCUT2D eigenvalue weighted by Crippen LogP contribution is -2.13. The van der Waals surface area contributed by atoms with Crippen LogP contribution in [-0.2, 0) is 0 Å². The largest absolute Gasteiger partial charge is 0.338 e. The van der Waals surface area contributed by atoms with Crippen molar-refractivity contribution >= 4 is 68.8 Å². The Balaban J connectivity index is 1.32. The zero-order valence-electron chi connectivity index (χ0n) is 17.4. The molecular weight excluding hydrogens is 491 g/mol. The van der Waals surface area contributed by atoms with Crippen molar-refractivity contribution in [2.75, 3.05) is 10.6 Å². The van der Waals surface area contributed by atoms with Crippen molar-refractivity contribution in [3.05, 3.63) is 98.7 Å². The van der Waals surface area contributed by atoms with E-state index in [0.29, 0.717) is 22.8 Å². The Morgan fingerprint density at radius 1 is 0.853 bits per heavy atom. The molecule has 0 atom stereocenters. The molecule has 2 amide bonds. The van der Waals surface area contributed by atoms with Crippen LogP contribution in [0, 0.1) is 0 Å². The second-order valence-electron chi connectivity index (χ2n) is 7.41. The highest BCUT2D eigenvalue weighted by Crippen LogP contribution is 2.27. The van der Waals surface area contributed by atoms with Crippen molar-refractivity contribution in [2.24, 2.45) is 0 Å². The number of aromatic nitrogens is 2. The van der Waals surface area contributed by atoms with Gasteiger partial charge in [-0.1, -0.05) is 29.3 Å². The summed E-state index contributed by atoms with van der Waals surface area (Å²) in [5, 5.41) is 9.94. The van der Waals surface area contributed by atoms with Gasteiger partial charge in [0, 0.05) is 22.3 Å². The van der Waals surface area contributed by atoms with Gasteiger partial charge in [-0.05, 0) is 66.0 Å². The summed E-state index contributed by atoms with van der Waals surface area (Å²) in [5.74, 6) is 0.128. The Morgan fingerprint density at radius 3 is 2.26 bits per heavy atom. The van der Waals surface area contributed by atoms with E-state index in [4.69, 9.17) is 23.2 Å². The molecule has 2 aromatic heterocycles. The Kier molecular flexibility index (Phi) is 6.06. The summed E-state index contributed by atoms with van der Waals surface area (Å²) in [7, 11) is 0. The number of carbonyl (C=O) groups is 2. The molecule has 2 heterocycles. The van der Waals surface area contributed by atoms with Gasteiger partial charge < -0.3 is 15.6 Å². The fourth-order valence-corrected chi connectivity index (χ4v) is 4.65. The van der Waals surface area contributed by atoms with Gasteiger partial charge in [0.1, 0.15) is 5.82 Å². The lowest BCUT2D eigenvalue weighted by atomic mass is 10.1. The quantitative estimate of drug-likeness (QED) is 0.237. The number of hydrogen-bond acceptors (Lipinski definition) is 4. The monoisotopic (exact) mass is 506 g/mol. The highest BCUT2D eigenvalue weighted by atomic mass is 35.5. The summed E-state index contributed by atoms with van der Waals surface area (Å²) in [5.41, 5.74) is 4.54. The summed E-state index contributed by atoms with van der Waals surface area (Å²) < 4.78 is 0. The maximum atomic E-state index is 12.6. The first-order valence-corrected chi connectivity index (χ1v) is 11.9. The average Bonchev–Trinajstić information content (AvgIpc) is 3.49. The van der Waals surface area contributed by atoms with E-state index in [-0.39, 0.29) is 27.4 Å². The molecule has 3 aromatic carbocycles. The number of fused-ring (bicyclic) bond motifs is 1. The highest BCUT2D eigenvalue weighted by Gasteiger charge is 2.15. The van der Waals surface area contributed by atoms with Crippen molar-refractivity contribution in [2.45, 2.75) is 0 Å². The lowest BCUT2D eigenvalue weighted by Gasteiger charge is -2.08. The minimum atomic E-state index is -0.385. The number of benzene rings is 3. The summed E-state index contributed by atoms with van der Waals surface area (Å²) in [6.07, 6.45) is 0. The van der Waals surface area contributed by atoms with E-state index in [9.17, 15) is 9.59 Å².